The number of H-pyrrole nitrogens is 1. The van der Waals surface area contributed by atoms with E-state index in [4.69, 9.17) is 0 Å². The molecule has 0 saturated heterocycles. The number of rotatable bonds is 4. The highest BCUT2D eigenvalue weighted by molar-refractivity contribution is 5.94. The molecule has 2 N–H and O–H groups in total. The lowest BCUT2D eigenvalue weighted by molar-refractivity contribution is 0.0953. The van der Waals surface area contributed by atoms with E-state index in [2.05, 4.69) is 15.5 Å². The lowest BCUT2D eigenvalue weighted by Gasteiger charge is -2.06. The first-order valence-corrected chi connectivity index (χ1v) is 6.22. The van der Waals surface area contributed by atoms with Gasteiger partial charge in [-0.15, -0.1) is 0 Å². The number of halogens is 2. The van der Waals surface area contributed by atoms with Gasteiger partial charge in [0.2, 0.25) is 0 Å². The van der Waals surface area contributed by atoms with E-state index in [1.165, 1.54) is 6.07 Å². The summed E-state index contributed by atoms with van der Waals surface area (Å²) in [5.74, 6) is -2.42. The molecule has 0 bridgehead atoms. The highest BCUT2D eigenvalue weighted by Crippen LogP contribution is 2.10. The number of carbonyl (C=O) groups excluding carboxylic acids is 1. The summed E-state index contributed by atoms with van der Waals surface area (Å²) in [7, 11) is 0. The van der Waals surface area contributed by atoms with Gasteiger partial charge in [-0.2, -0.15) is 5.10 Å². The average molecular weight is 279 g/mol. The Labute approximate surface area is 115 Å². The monoisotopic (exact) mass is 279 g/mol. The third kappa shape index (κ3) is 3.01. The van der Waals surface area contributed by atoms with Crippen molar-refractivity contribution in [1.82, 2.24) is 15.5 Å². The van der Waals surface area contributed by atoms with Gasteiger partial charge < -0.3 is 5.32 Å². The van der Waals surface area contributed by atoms with Crippen LogP contribution < -0.4 is 5.32 Å². The minimum atomic E-state index is -1.03. The molecule has 1 aromatic heterocycles. The fraction of sp³-hybridized carbons (Fsp3) is 0.286. The molecule has 6 heteroatoms. The molecule has 0 unspecified atom stereocenters. The van der Waals surface area contributed by atoms with E-state index in [-0.39, 0.29) is 5.56 Å². The van der Waals surface area contributed by atoms with Crippen molar-refractivity contribution in [3.63, 3.8) is 0 Å². The Morgan fingerprint density at radius 1 is 1.30 bits per heavy atom. The second kappa shape index (κ2) is 5.81. The topological polar surface area (TPSA) is 57.8 Å². The van der Waals surface area contributed by atoms with Crippen molar-refractivity contribution in [1.29, 1.82) is 0 Å². The van der Waals surface area contributed by atoms with Gasteiger partial charge in [0.1, 0.15) is 0 Å². The van der Waals surface area contributed by atoms with E-state index in [1.807, 2.05) is 13.8 Å². The van der Waals surface area contributed by atoms with E-state index in [0.717, 1.165) is 29.1 Å². The number of nitrogens with zero attached hydrogens (tertiary/aromatic N) is 1. The summed E-state index contributed by atoms with van der Waals surface area (Å²) in [5, 5.41) is 9.60. The Morgan fingerprint density at radius 2 is 2.05 bits per heavy atom. The third-order valence-corrected chi connectivity index (χ3v) is 3.12. The quantitative estimate of drug-likeness (QED) is 0.902. The zero-order chi connectivity index (χ0) is 14.7. The molecular formula is C14H15F2N3O. The number of nitrogens with one attached hydrogen (secondary N) is 2. The molecule has 2 rings (SSSR count). The van der Waals surface area contributed by atoms with Crippen LogP contribution in [0.5, 0.6) is 0 Å². The van der Waals surface area contributed by atoms with Gasteiger partial charge in [-0.3, -0.25) is 9.89 Å². The first-order chi connectivity index (χ1) is 9.49. The summed E-state index contributed by atoms with van der Waals surface area (Å²) >= 11 is 0. The number of aromatic nitrogens is 2. The SMILES string of the molecule is Cc1n[nH]c(C)c1CCNC(=O)c1ccc(F)c(F)c1. The molecule has 4 nitrogen and oxygen atoms in total. The van der Waals surface area contributed by atoms with Crippen LogP contribution in [-0.4, -0.2) is 22.6 Å². The number of benzene rings is 1. The van der Waals surface area contributed by atoms with Gasteiger partial charge in [0.05, 0.1) is 5.69 Å². The average Bonchev–Trinajstić information content (AvgIpc) is 2.73. The van der Waals surface area contributed by atoms with E-state index >= 15 is 0 Å². The predicted octanol–water partition coefficient (Wildman–Crippen LogP) is 2.28. The van der Waals surface area contributed by atoms with Crippen molar-refractivity contribution in [2.75, 3.05) is 6.54 Å². The van der Waals surface area contributed by atoms with Crippen LogP contribution in [0.15, 0.2) is 18.2 Å². The summed E-state index contributed by atoms with van der Waals surface area (Å²) in [4.78, 5) is 11.8. The lowest BCUT2D eigenvalue weighted by atomic mass is 10.1. The van der Waals surface area contributed by atoms with Crippen LogP contribution in [-0.2, 0) is 6.42 Å². The first-order valence-electron chi connectivity index (χ1n) is 6.22. The number of carbonyl (C=O) groups is 1. The fourth-order valence-electron chi connectivity index (χ4n) is 1.98. The Balaban J connectivity index is 1.94. The Kier molecular flexibility index (Phi) is 4.12. The summed E-state index contributed by atoms with van der Waals surface area (Å²) in [6.07, 6.45) is 0.629. The van der Waals surface area contributed by atoms with Crippen LogP contribution in [0, 0.1) is 25.5 Å². The highest BCUT2D eigenvalue weighted by Gasteiger charge is 2.10. The molecule has 106 valence electrons. The largest absolute Gasteiger partial charge is 0.352 e. The molecule has 20 heavy (non-hydrogen) atoms. The molecule has 1 amide bonds. The molecule has 0 atom stereocenters. The lowest BCUT2D eigenvalue weighted by Crippen LogP contribution is -2.26. The Morgan fingerprint density at radius 3 is 2.65 bits per heavy atom. The minimum absolute atomic E-state index is 0.101. The Hall–Kier alpha value is -2.24. The van der Waals surface area contributed by atoms with Crippen LogP contribution in [0.2, 0.25) is 0 Å². The summed E-state index contributed by atoms with van der Waals surface area (Å²) in [6.45, 7) is 4.20. The van der Waals surface area contributed by atoms with Crippen LogP contribution in [0.3, 0.4) is 0 Å². The van der Waals surface area contributed by atoms with E-state index in [9.17, 15) is 13.6 Å². The molecule has 2 aromatic rings. The van der Waals surface area contributed by atoms with Gasteiger partial charge in [0.25, 0.3) is 5.91 Å². The molecule has 0 spiro atoms. The van der Waals surface area contributed by atoms with E-state index in [0.29, 0.717) is 13.0 Å². The van der Waals surface area contributed by atoms with Crippen LogP contribution in [0.1, 0.15) is 27.3 Å². The number of aromatic amines is 1. The molecule has 0 fully saturated rings. The maximum atomic E-state index is 13.0. The Bertz CT molecular complexity index is 618. The number of aryl methyl sites for hydroxylation is 2. The summed E-state index contributed by atoms with van der Waals surface area (Å²) < 4.78 is 25.8. The van der Waals surface area contributed by atoms with Gasteiger partial charge in [-0.25, -0.2) is 8.78 Å². The summed E-state index contributed by atoms with van der Waals surface area (Å²) in [6, 6.07) is 3.08. The van der Waals surface area contributed by atoms with Crippen LogP contribution in [0.25, 0.3) is 0 Å². The van der Waals surface area contributed by atoms with Crippen LogP contribution >= 0.6 is 0 Å². The minimum Gasteiger partial charge on any atom is -0.352 e. The zero-order valence-corrected chi connectivity index (χ0v) is 11.3. The van der Waals surface area contributed by atoms with Crippen molar-refractivity contribution in [2.45, 2.75) is 20.3 Å². The zero-order valence-electron chi connectivity index (χ0n) is 11.3. The maximum absolute atomic E-state index is 13.0. The normalized spacial score (nSPS) is 10.6. The van der Waals surface area contributed by atoms with Crippen LogP contribution in [0.4, 0.5) is 8.78 Å². The second-order valence-electron chi connectivity index (χ2n) is 4.55. The number of hydrogen-bond donors (Lipinski definition) is 2. The standard InChI is InChI=1S/C14H15F2N3O/c1-8-11(9(2)19-18-8)5-6-17-14(20)10-3-4-12(15)13(16)7-10/h3-4,7H,5-6H2,1-2H3,(H,17,20)(H,18,19). The molecule has 1 aromatic carbocycles. The van der Waals surface area contributed by atoms with E-state index in [1.54, 1.807) is 0 Å². The number of hydrogen-bond acceptors (Lipinski definition) is 2. The smallest absolute Gasteiger partial charge is 0.251 e. The van der Waals surface area contributed by atoms with Gasteiger partial charge >= 0.3 is 0 Å². The first kappa shape index (κ1) is 14.2. The van der Waals surface area contributed by atoms with Gasteiger partial charge in [-0.05, 0) is 44.0 Å². The van der Waals surface area contributed by atoms with Gasteiger partial charge in [0.15, 0.2) is 11.6 Å². The molecule has 0 saturated carbocycles. The van der Waals surface area contributed by atoms with Crippen molar-refractivity contribution in [3.8, 4) is 0 Å². The van der Waals surface area contributed by atoms with Crippen molar-refractivity contribution in [3.05, 3.63) is 52.3 Å². The van der Waals surface area contributed by atoms with Crippen molar-refractivity contribution in [2.24, 2.45) is 0 Å². The molecule has 0 aliphatic rings. The summed E-state index contributed by atoms with van der Waals surface area (Å²) in [5.41, 5.74) is 3.01. The molecular weight excluding hydrogens is 264 g/mol. The predicted molar refractivity (Wildman–Crippen MR) is 70.5 cm³/mol. The third-order valence-electron chi connectivity index (χ3n) is 3.12. The molecule has 0 aliphatic heterocycles. The van der Waals surface area contributed by atoms with Crippen molar-refractivity contribution >= 4 is 5.91 Å². The van der Waals surface area contributed by atoms with E-state index < -0.39 is 17.5 Å². The molecule has 1 heterocycles. The molecule has 0 radical (unpaired) electrons. The van der Waals surface area contributed by atoms with Gasteiger partial charge in [-0.1, -0.05) is 0 Å². The maximum Gasteiger partial charge on any atom is 0.251 e. The van der Waals surface area contributed by atoms with Gasteiger partial charge in [0, 0.05) is 17.8 Å². The van der Waals surface area contributed by atoms with Crippen molar-refractivity contribution < 1.29 is 13.6 Å². The second-order valence-corrected chi connectivity index (χ2v) is 4.55. The number of amides is 1. The highest BCUT2D eigenvalue weighted by atomic mass is 19.2. The molecule has 0 aliphatic carbocycles. The fourth-order valence-corrected chi connectivity index (χ4v) is 1.98.